The molecule has 0 saturated heterocycles. The monoisotopic (exact) mass is 730 g/mol. The highest BCUT2D eigenvalue weighted by molar-refractivity contribution is 6.74. The molecule has 8 heteroatoms. The first-order chi connectivity index (χ1) is 24.7. The summed E-state index contributed by atoms with van der Waals surface area (Å²) in [5, 5.41) is 0.0479. The number of rotatable bonds is 8. The van der Waals surface area contributed by atoms with E-state index in [0.29, 0.717) is 32.0 Å². The molecule has 0 saturated carbocycles. The van der Waals surface area contributed by atoms with Crippen LogP contribution in [-0.2, 0) is 34.8 Å². The Morgan fingerprint density at radius 3 is 2.50 bits per heavy atom. The molecule has 1 aromatic rings. The van der Waals surface area contributed by atoms with E-state index < -0.39 is 26.5 Å². The number of esters is 1. The summed E-state index contributed by atoms with van der Waals surface area (Å²) < 4.78 is 37.5. The topological polar surface area (TPSA) is 72.5 Å². The van der Waals surface area contributed by atoms with Crippen molar-refractivity contribution in [3.8, 4) is 17.6 Å². The summed E-state index contributed by atoms with van der Waals surface area (Å²) in [6.45, 7) is 21.1. The predicted molar refractivity (Wildman–Crippen MR) is 211 cm³/mol. The van der Waals surface area contributed by atoms with Crippen LogP contribution in [-0.4, -0.2) is 64.6 Å². The summed E-state index contributed by atoms with van der Waals surface area (Å²) in [5.74, 6) is 6.33. The van der Waals surface area contributed by atoms with E-state index in [1.165, 1.54) is 11.1 Å². The van der Waals surface area contributed by atoms with E-state index >= 15 is 0 Å². The van der Waals surface area contributed by atoms with Crippen molar-refractivity contribution < 1.29 is 32.9 Å². The first-order valence-corrected chi connectivity index (χ1v) is 21.8. The Hall–Kier alpha value is -3.19. The van der Waals surface area contributed by atoms with E-state index in [4.69, 9.17) is 28.1 Å². The first kappa shape index (κ1) is 41.6. The van der Waals surface area contributed by atoms with Crippen molar-refractivity contribution in [2.75, 3.05) is 13.7 Å². The zero-order valence-electron chi connectivity index (χ0n) is 32.8. The third-order valence-electron chi connectivity index (χ3n) is 10.4. The standard InChI is InChI=1S/C44H62O7Si/c1-32-25-26-47-38(28-32)23-24-42-41(48-31-35-19-21-36(46-7)22-20-35)17-11-16-40(51-52(8,9)44(4,5)6)30-34(3)27-33(2)29-39-15-10-13-37(49-39)14-12-18-43(45)50-42/h10-11,13,16,19-25,33,37-42H,3,14-15,17,26-31H2,1-2,4-9H3/b16-11+,24-23+/t33-,37-,38+,39-,40+,41-,42-/m0/s1. The highest BCUT2D eigenvalue weighted by Crippen LogP contribution is 2.38. The van der Waals surface area contributed by atoms with Crippen molar-refractivity contribution in [3.05, 3.63) is 90.1 Å². The summed E-state index contributed by atoms with van der Waals surface area (Å²) in [7, 11) is -0.467. The molecule has 0 amide bonds. The number of ether oxygens (including phenoxy) is 5. The van der Waals surface area contributed by atoms with Crippen molar-refractivity contribution >= 4 is 14.3 Å². The second kappa shape index (κ2) is 19.8. The lowest BCUT2D eigenvalue weighted by Crippen LogP contribution is -2.43. The second-order valence-corrected chi connectivity index (χ2v) is 20.9. The number of hydrogen-bond donors (Lipinski definition) is 0. The highest BCUT2D eigenvalue weighted by atomic mass is 28.4. The Labute approximate surface area is 314 Å². The molecule has 3 aliphatic heterocycles. The van der Waals surface area contributed by atoms with Crippen LogP contribution in [0.1, 0.15) is 85.1 Å². The van der Waals surface area contributed by atoms with Crippen molar-refractivity contribution in [2.45, 2.75) is 141 Å². The Morgan fingerprint density at radius 2 is 1.79 bits per heavy atom. The molecule has 7 atom stereocenters. The fourth-order valence-electron chi connectivity index (χ4n) is 6.43. The maximum absolute atomic E-state index is 13.3. The molecular weight excluding hydrogens is 669 g/mol. The van der Waals surface area contributed by atoms with Crippen molar-refractivity contribution in [2.24, 2.45) is 5.92 Å². The average Bonchev–Trinajstić information content (AvgIpc) is 3.07. The minimum Gasteiger partial charge on any atom is -0.497 e. The minimum absolute atomic E-state index is 0.0479. The lowest BCUT2D eigenvalue weighted by atomic mass is 9.91. The van der Waals surface area contributed by atoms with Gasteiger partial charge in [0.25, 0.3) is 0 Å². The van der Waals surface area contributed by atoms with Gasteiger partial charge in [0.05, 0.1) is 44.7 Å². The van der Waals surface area contributed by atoms with Gasteiger partial charge in [0.15, 0.2) is 8.32 Å². The molecule has 3 aliphatic rings. The SMILES string of the molecule is C=C1C[C@H](C)C[C@@H]2CC=C[C@@H](CC#CC(=O)O[C@@H](/C=C/[C@@H]3CC(C)=CCO3)[C@@H](OCc3ccc(OC)cc3)C/C=C/[C@@H](O[Si](C)(C)C(C)(C)C)C1)O2. The molecule has 0 aliphatic carbocycles. The number of cyclic esters (lactones) is 1. The largest absolute Gasteiger partial charge is 0.497 e. The summed E-state index contributed by atoms with van der Waals surface area (Å²) in [5.41, 5.74) is 3.42. The number of methoxy groups -OCH3 is 1. The van der Waals surface area contributed by atoms with E-state index in [1.54, 1.807) is 7.11 Å². The number of carbonyl (C=O) groups excluding carboxylic acids is 1. The third kappa shape index (κ3) is 13.7. The van der Waals surface area contributed by atoms with Crippen molar-refractivity contribution in [3.63, 3.8) is 0 Å². The fraction of sp³-hybridized carbons (Fsp3) is 0.568. The van der Waals surface area contributed by atoms with E-state index in [1.807, 2.05) is 42.5 Å². The van der Waals surface area contributed by atoms with E-state index in [2.05, 4.69) is 90.4 Å². The van der Waals surface area contributed by atoms with Crippen LogP contribution in [0.4, 0.5) is 0 Å². The summed E-state index contributed by atoms with van der Waals surface area (Å²) in [4.78, 5) is 13.3. The summed E-state index contributed by atoms with van der Waals surface area (Å²) in [6, 6.07) is 7.79. The maximum Gasteiger partial charge on any atom is 0.385 e. The second-order valence-electron chi connectivity index (χ2n) is 16.1. The highest BCUT2D eigenvalue weighted by Gasteiger charge is 2.39. The Bertz CT molecular complexity index is 1500. The Kier molecular flexibility index (Phi) is 15.8. The van der Waals surface area contributed by atoms with Crippen LogP contribution in [0.5, 0.6) is 5.75 Å². The Morgan fingerprint density at radius 1 is 1.04 bits per heavy atom. The van der Waals surface area contributed by atoms with E-state index in [0.717, 1.165) is 43.4 Å². The van der Waals surface area contributed by atoms with Crippen LogP contribution < -0.4 is 4.74 Å². The summed E-state index contributed by atoms with van der Waals surface area (Å²) >= 11 is 0. The molecule has 3 heterocycles. The van der Waals surface area contributed by atoms with Crippen LogP contribution in [0, 0.1) is 17.8 Å². The lowest BCUT2D eigenvalue weighted by molar-refractivity contribution is -0.147. The molecule has 0 radical (unpaired) electrons. The van der Waals surface area contributed by atoms with Gasteiger partial charge in [-0.2, -0.15) is 0 Å². The first-order valence-electron chi connectivity index (χ1n) is 18.9. The Balaban J connectivity index is 1.68. The number of benzene rings is 1. The maximum atomic E-state index is 13.3. The zero-order valence-corrected chi connectivity index (χ0v) is 33.8. The zero-order chi connectivity index (χ0) is 37.7. The van der Waals surface area contributed by atoms with Crippen LogP contribution in [0.25, 0.3) is 0 Å². The van der Waals surface area contributed by atoms with Gasteiger partial charge in [-0.15, -0.1) is 0 Å². The molecule has 4 rings (SSSR count). The van der Waals surface area contributed by atoms with E-state index in [-0.39, 0.29) is 29.5 Å². The van der Waals surface area contributed by atoms with Gasteiger partial charge in [-0.1, -0.05) is 99.9 Å². The van der Waals surface area contributed by atoms with Crippen LogP contribution in [0.3, 0.4) is 0 Å². The van der Waals surface area contributed by atoms with Crippen molar-refractivity contribution in [1.29, 1.82) is 0 Å². The molecule has 0 unspecified atom stereocenters. The van der Waals surface area contributed by atoms with Gasteiger partial charge in [-0.05, 0) is 93.3 Å². The van der Waals surface area contributed by atoms with Crippen LogP contribution in [0.2, 0.25) is 18.1 Å². The smallest absolute Gasteiger partial charge is 0.385 e. The summed E-state index contributed by atoms with van der Waals surface area (Å²) in [6.07, 6.45) is 18.0. The lowest BCUT2D eigenvalue weighted by Gasteiger charge is -2.39. The van der Waals surface area contributed by atoms with Crippen LogP contribution >= 0.6 is 0 Å². The fourth-order valence-corrected chi connectivity index (χ4v) is 7.70. The number of fused-ring (bicyclic) bond motifs is 2. The molecule has 1 aromatic carbocycles. The van der Waals surface area contributed by atoms with Gasteiger partial charge in [-0.3, -0.25) is 0 Å². The van der Waals surface area contributed by atoms with Gasteiger partial charge in [0.2, 0.25) is 0 Å². The van der Waals surface area contributed by atoms with Gasteiger partial charge < -0.3 is 28.1 Å². The quantitative estimate of drug-likeness (QED) is 0.0868. The van der Waals surface area contributed by atoms with E-state index in [9.17, 15) is 4.79 Å². The molecule has 0 fully saturated rings. The molecule has 0 aromatic heterocycles. The predicted octanol–water partition coefficient (Wildman–Crippen LogP) is 9.60. The van der Waals surface area contributed by atoms with Gasteiger partial charge in [0.1, 0.15) is 18.0 Å². The molecule has 52 heavy (non-hydrogen) atoms. The molecular formula is C44H62O7Si. The van der Waals surface area contributed by atoms with Gasteiger partial charge >= 0.3 is 5.97 Å². The molecule has 7 nitrogen and oxygen atoms in total. The molecule has 0 spiro atoms. The molecule has 0 N–H and O–H groups in total. The van der Waals surface area contributed by atoms with Crippen molar-refractivity contribution in [1.82, 2.24) is 0 Å². The third-order valence-corrected chi connectivity index (χ3v) is 14.9. The van der Waals surface area contributed by atoms with Crippen LogP contribution in [0.15, 0.2) is 84.5 Å². The number of carbonyl (C=O) groups is 1. The van der Waals surface area contributed by atoms with Gasteiger partial charge in [0, 0.05) is 12.3 Å². The average molecular weight is 731 g/mol. The minimum atomic E-state index is -2.12. The number of hydrogen-bond acceptors (Lipinski definition) is 7. The molecule has 284 valence electrons. The van der Waals surface area contributed by atoms with Gasteiger partial charge in [-0.25, -0.2) is 4.79 Å². The molecule has 2 bridgehead atoms. The normalized spacial score (nSPS) is 29.2.